The first-order valence-electron chi connectivity index (χ1n) is 29.3. The van der Waals surface area contributed by atoms with Crippen LogP contribution in [0.5, 0.6) is 0 Å². The van der Waals surface area contributed by atoms with Gasteiger partial charge in [-0.25, -0.2) is 0 Å². The van der Waals surface area contributed by atoms with Crippen LogP contribution in [0.25, 0.3) is 54.6 Å². The van der Waals surface area contributed by atoms with Gasteiger partial charge in [0.15, 0.2) is 0 Å². The predicted molar refractivity (Wildman–Crippen MR) is 447 cm³/mol. The van der Waals surface area contributed by atoms with Crippen LogP contribution in [-0.2, 0) is 11.8 Å². The molecule has 0 heterocycles. The van der Waals surface area contributed by atoms with Crippen molar-refractivity contribution in [3.8, 4) is 23.5 Å². The van der Waals surface area contributed by atoms with Crippen LogP contribution >= 0.6 is 0 Å². The van der Waals surface area contributed by atoms with Crippen molar-refractivity contribution >= 4 is 396 Å². The van der Waals surface area contributed by atoms with Crippen molar-refractivity contribution in [2.75, 3.05) is 0 Å². The average Bonchev–Trinajstić information content (AvgIpc) is 3.96. The number of terminal acetylenes is 1. The van der Waals surface area contributed by atoms with Crippen LogP contribution in [0.2, 0.25) is 0 Å². The molecular formula is C50H63B29. The van der Waals surface area contributed by atoms with Crippen LogP contribution in [0.15, 0.2) is 32.8 Å². The summed E-state index contributed by atoms with van der Waals surface area (Å²) in [7, 11) is 71.5. The molecule has 0 amide bonds. The molecule has 1 atom stereocenters. The van der Waals surface area contributed by atoms with Crippen LogP contribution in [0, 0.1) is 12.3 Å². The summed E-state index contributed by atoms with van der Waals surface area (Å²) < 4.78 is 0. The molecule has 29 heteroatoms. The van der Waals surface area contributed by atoms with Gasteiger partial charge in [-0.2, -0.15) is 0 Å². The van der Waals surface area contributed by atoms with Gasteiger partial charge in [-0.05, 0) is 26.9 Å². The van der Waals surface area contributed by atoms with E-state index in [-0.39, 0.29) is 0 Å². The van der Waals surface area contributed by atoms with E-state index in [4.69, 9.17) is 13.9 Å². The summed E-state index contributed by atoms with van der Waals surface area (Å²) in [6, 6.07) is 0. The molecule has 1 unspecified atom stereocenters. The number of fused-ring (bicyclic) bond motifs is 13. The van der Waals surface area contributed by atoms with E-state index >= 15 is 0 Å². The van der Waals surface area contributed by atoms with Crippen LogP contribution in [-0.4, -0.2) is 233 Å². The van der Waals surface area contributed by atoms with Crippen molar-refractivity contribution in [3.63, 3.8) is 0 Å². The van der Waals surface area contributed by atoms with Crippen molar-refractivity contribution < 1.29 is 0 Å². The molecule has 7 aromatic rings. The van der Waals surface area contributed by atoms with Crippen molar-refractivity contribution in [1.29, 1.82) is 0 Å². The Morgan fingerprint density at radius 3 is 1.13 bits per heavy atom. The van der Waals surface area contributed by atoms with E-state index in [0.717, 1.165) is 11.9 Å². The summed E-state index contributed by atoms with van der Waals surface area (Å²) in [5, 5.41) is 8.41. The van der Waals surface area contributed by atoms with Gasteiger partial charge in [-0.15, -0.1) is 21.9 Å². The molecule has 350 valence electrons. The zero-order chi connectivity index (χ0) is 58.9. The third kappa shape index (κ3) is 7.68. The van der Waals surface area contributed by atoms with Gasteiger partial charge in [0.2, 0.25) is 0 Å². The Labute approximate surface area is 501 Å². The van der Waals surface area contributed by atoms with Crippen LogP contribution in [0.3, 0.4) is 0 Å². The van der Waals surface area contributed by atoms with Gasteiger partial charge in [0.05, 0.1) is 0 Å². The van der Waals surface area contributed by atoms with E-state index in [2.05, 4.69) is 233 Å². The summed E-state index contributed by atoms with van der Waals surface area (Å²) in [4.78, 5) is 0. The molecule has 0 N–H and O–H groups in total. The molecule has 0 fully saturated rings. The zero-order valence-electron chi connectivity index (χ0n) is 54.5. The fraction of sp³-hybridized carbons (Fsp3) is 0.0600. The number of hydrogen-bond donors (Lipinski definition) is 0. The summed E-state index contributed by atoms with van der Waals surface area (Å²) in [5.74, 6) is 3.25. The average molecular weight is 978 g/mol. The Balaban J connectivity index is 1.43. The molecule has 2 aliphatic carbocycles. The van der Waals surface area contributed by atoms with Gasteiger partial charge in [0.25, 0.3) is 0 Å². The van der Waals surface area contributed by atoms with Gasteiger partial charge in [0.1, 0.15) is 70.6 Å². The topological polar surface area (TPSA) is 0 Å². The Morgan fingerprint density at radius 2 is 0.722 bits per heavy atom. The van der Waals surface area contributed by atoms with Gasteiger partial charge in [0, 0.05) is 0 Å². The first kappa shape index (κ1) is 59.2. The van der Waals surface area contributed by atoms with Crippen molar-refractivity contribution in [3.05, 3.63) is 66.2 Å². The van der Waals surface area contributed by atoms with Crippen LogP contribution in [0.4, 0.5) is 0 Å². The van der Waals surface area contributed by atoms with Crippen molar-refractivity contribution in [1.82, 2.24) is 0 Å². The standard InChI is InChI=1S/C50H63B29/c1-3-7(52)10(19-27(57)11-12(28(58)35(19)65)14-16(32(62)44(74)42(72)30(14)60)15-13(11)29(59)41(71)43(73)31(15)61)26(56)8(53)4-6-9-17-22(38(68)47(77)45(75)33(17)63)50(21(9)37(67)40(70)25(6)55)23-18(34(64)46(76)48(78)39(23)69)20(49(50)79)36(66)24(54)5(2)51/h1,79H,4,51-78H2,2H3/b10-7+,24-5-,26-8-,36-20+. The summed E-state index contributed by atoms with van der Waals surface area (Å²) >= 11 is 0. The molecular weight excluding hydrogens is 914 g/mol. The fourth-order valence-electron chi connectivity index (χ4n) is 15.9. The van der Waals surface area contributed by atoms with E-state index in [1.165, 1.54) is 241 Å². The normalized spacial score (nSPS) is 16.2. The van der Waals surface area contributed by atoms with Crippen molar-refractivity contribution in [2.24, 2.45) is 0 Å². The second-order valence-corrected chi connectivity index (χ2v) is 25.7. The Morgan fingerprint density at radius 1 is 0.392 bits per heavy atom. The van der Waals surface area contributed by atoms with Crippen LogP contribution in [0.1, 0.15) is 40.3 Å². The molecule has 0 saturated carbocycles. The first-order chi connectivity index (χ1) is 36.7. The van der Waals surface area contributed by atoms with Crippen LogP contribution < -0.4 is 120 Å². The second-order valence-electron chi connectivity index (χ2n) is 25.7. The maximum atomic E-state index is 6.69. The second kappa shape index (κ2) is 20.2. The molecule has 0 aromatic heterocycles. The summed E-state index contributed by atoms with van der Waals surface area (Å²) in [5.41, 5.74) is 52.3. The molecule has 7 aromatic carbocycles. The maximum absolute atomic E-state index is 6.69. The molecule has 0 saturated heterocycles. The quantitative estimate of drug-likeness (QED) is 0.0698. The van der Waals surface area contributed by atoms with E-state index < -0.39 is 5.41 Å². The third-order valence-corrected chi connectivity index (χ3v) is 22.7. The summed E-state index contributed by atoms with van der Waals surface area (Å²) in [6.45, 7) is 2.26. The zero-order valence-corrected chi connectivity index (χ0v) is 54.5. The number of allylic oxidation sites excluding steroid dienone is 8. The van der Waals surface area contributed by atoms with Crippen molar-refractivity contribution in [2.45, 2.75) is 18.8 Å². The molecule has 0 radical (unpaired) electrons. The monoisotopic (exact) mass is 983 g/mol. The third-order valence-electron chi connectivity index (χ3n) is 22.7. The molecule has 2 aliphatic rings. The van der Waals surface area contributed by atoms with E-state index in [9.17, 15) is 0 Å². The first-order valence-corrected chi connectivity index (χ1v) is 29.3. The van der Waals surface area contributed by atoms with Gasteiger partial charge < -0.3 is 0 Å². The Bertz CT molecular complexity index is 4290. The summed E-state index contributed by atoms with van der Waals surface area (Å²) in [6.07, 6.45) is 7.48. The van der Waals surface area contributed by atoms with E-state index in [0.29, 0.717) is 0 Å². The number of benzene rings is 7. The molecule has 0 bridgehead atoms. The fourth-order valence-corrected chi connectivity index (χ4v) is 15.9. The van der Waals surface area contributed by atoms with Gasteiger partial charge in [-0.1, -0.05) is 21.9 Å². The van der Waals surface area contributed by atoms with E-state index in [1.807, 2.05) is 0 Å². The molecule has 0 nitrogen and oxygen atoms in total. The van der Waals surface area contributed by atoms with E-state index in [1.54, 1.807) is 0 Å². The molecule has 79 heavy (non-hydrogen) atoms. The predicted octanol–water partition coefficient (Wildman–Crippen LogP) is -33.2. The Hall–Kier alpha value is -4.41. The molecule has 0 aliphatic heterocycles. The molecule has 9 rings (SSSR count). The number of hydrogen-bond acceptors (Lipinski definition) is 0. The van der Waals surface area contributed by atoms with Gasteiger partial charge in [-0.3, -0.25) is 0 Å². The minimum atomic E-state index is -0.584. The SMILES string of the molecule is B=C1/C(=C(B)\C(B)=C(\B)C)c2c(B)c(B)c(B)c(B)c2C12c1c(B)c(B)c(B)c(B)c1-c1c(C/C(B)=C(B)\C(=C(\B)C#C)c3c(B)c(B)c4c5c(B)c(B)c(B)c(B)c5c5c(B)c(B)c(B)c(B)c5c4c3B)c(B)c(B)c(B)c12. The number of rotatable bonds is 5. The Kier molecular flexibility index (Phi) is 15.1. The van der Waals surface area contributed by atoms with Gasteiger partial charge >= 0.3 is 363 Å². The minimum absolute atomic E-state index is 0.584. The molecule has 1 spiro atoms.